The second-order valence-electron chi connectivity index (χ2n) is 8.69. The van der Waals surface area contributed by atoms with E-state index in [-0.39, 0.29) is 25.0 Å². The first-order chi connectivity index (χ1) is 18.0. The molecule has 1 N–H and O–H groups in total. The molecule has 0 bridgehead atoms. The third-order valence-electron chi connectivity index (χ3n) is 6.01. The van der Waals surface area contributed by atoms with E-state index < -0.39 is 6.04 Å². The molecule has 0 fully saturated rings. The zero-order valence-corrected chi connectivity index (χ0v) is 21.8. The van der Waals surface area contributed by atoms with Crippen LogP contribution in [0.1, 0.15) is 30.9 Å². The molecule has 3 aromatic carbocycles. The van der Waals surface area contributed by atoms with Crippen molar-refractivity contribution in [2.45, 2.75) is 38.8 Å². The SMILES string of the molecule is CCCCNC(=O)[C@H](Cc1ccccc1)N(Cc1cccc(OC)c1)C(=O)COc1ccc(OC)cc1. The molecular weight excluding hydrogens is 468 g/mol. The molecule has 7 nitrogen and oxygen atoms in total. The number of carbonyl (C=O) groups excluding carboxylic acids is 2. The Morgan fingerprint density at radius 1 is 0.838 bits per heavy atom. The first kappa shape index (κ1) is 27.6. The molecule has 0 aromatic heterocycles. The van der Waals surface area contributed by atoms with E-state index in [0.29, 0.717) is 30.2 Å². The van der Waals surface area contributed by atoms with Crippen molar-refractivity contribution in [1.29, 1.82) is 0 Å². The Morgan fingerprint density at radius 3 is 2.19 bits per heavy atom. The lowest BCUT2D eigenvalue weighted by atomic mass is 10.0. The molecule has 2 amide bonds. The lowest BCUT2D eigenvalue weighted by molar-refractivity contribution is -0.142. The molecular formula is C30H36N2O5. The summed E-state index contributed by atoms with van der Waals surface area (Å²) in [4.78, 5) is 28.7. The molecule has 196 valence electrons. The van der Waals surface area contributed by atoms with E-state index in [1.165, 1.54) is 0 Å². The lowest BCUT2D eigenvalue weighted by Gasteiger charge is -2.31. The number of ether oxygens (including phenoxy) is 3. The van der Waals surface area contributed by atoms with Crippen LogP contribution >= 0.6 is 0 Å². The summed E-state index contributed by atoms with van der Waals surface area (Å²) in [5, 5.41) is 3.02. The Hall–Kier alpha value is -4.00. The zero-order valence-electron chi connectivity index (χ0n) is 21.8. The maximum Gasteiger partial charge on any atom is 0.261 e. The highest BCUT2D eigenvalue weighted by atomic mass is 16.5. The van der Waals surface area contributed by atoms with E-state index in [1.54, 1.807) is 43.4 Å². The molecule has 0 saturated carbocycles. The van der Waals surface area contributed by atoms with E-state index in [9.17, 15) is 9.59 Å². The number of hydrogen-bond donors (Lipinski definition) is 1. The average molecular weight is 505 g/mol. The number of benzene rings is 3. The van der Waals surface area contributed by atoms with E-state index in [1.807, 2.05) is 54.6 Å². The van der Waals surface area contributed by atoms with Gasteiger partial charge in [0.1, 0.15) is 23.3 Å². The fourth-order valence-electron chi connectivity index (χ4n) is 3.93. The summed E-state index contributed by atoms with van der Waals surface area (Å²) in [5.74, 6) is 1.46. The molecule has 0 aliphatic rings. The van der Waals surface area contributed by atoms with Crippen LogP contribution in [-0.2, 0) is 22.6 Å². The van der Waals surface area contributed by atoms with Gasteiger partial charge in [0.15, 0.2) is 6.61 Å². The predicted molar refractivity (Wildman–Crippen MR) is 144 cm³/mol. The summed E-state index contributed by atoms with van der Waals surface area (Å²) in [6, 6.07) is 23.6. The minimum absolute atomic E-state index is 0.182. The summed E-state index contributed by atoms with van der Waals surface area (Å²) in [6.07, 6.45) is 2.22. The smallest absolute Gasteiger partial charge is 0.261 e. The fourth-order valence-corrected chi connectivity index (χ4v) is 3.93. The maximum atomic E-state index is 13.6. The van der Waals surface area contributed by atoms with E-state index in [4.69, 9.17) is 14.2 Å². The number of amides is 2. The van der Waals surface area contributed by atoms with Crippen molar-refractivity contribution in [3.05, 3.63) is 90.0 Å². The number of rotatable bonds is 14. The molecule has 0 saturated heterocycles. The zero-order chi connectivity index (χ0) is 26.5. The second-order valence-corrected chi connectivity index (χ2v) is 8.69. The summed E-state index contributed by atoms with van der Waals surface area (Å²) in [6.45, 7) is 2.66. The Labute approximate surface area is 219 Å². The van der Waals surface area contributed by atoms with Gasteiger partial charge in [0.25, 0.3) is 5.91 Å². The Kier molecular flexibility index (Phi) is 10.8. The third kappa shape index (κ3) is 8.56. The van der Waals surface area contributed by atoms with Crippen LogP contribution in [0, 0.1) is 0 Å². The average Bonchev–Trinajstić information content (AvgIpc) is 2.94. The maximum absolute atomic E-state index is 13.6. The molecule has 0 radical (unpaired) electrons. The van der Waals surface area contributed by atoms with Crippen LogP contribution in [-0.4, -0.2) is 50.1 Å². The second kappa shape index (κ2) is 14.5. The van der Waals surface area contributed by atoms with Gasteiger partial charge in [0, 0.05) is 19.5 Å². The monoisotopic (exact) mass is 504 g/mol. The topological polar surface area (TPSA) is 77.1 Å². The van der Waals surface area contributed by atoms with Crippen molar-refractivity contribution >= 4 is 11.8 Å². The fraction of sp³-hybridized carbons (Fsp3) is 0.333. The van der Waals surface area contributed by atoms with Gasteiger partial charge in [-0.2, -0.15) is 0 Å². The van der Waals surface area contributed by atoms with Crippen LogP contribution in [0.25, 0.3) is 0 Å². The van der Waals surface area contributed by atoms with Gasteiger partial charge in [-0.05, 0) is 53.9 Å². The lowest BCUT2D eigenvalue weighted by Crippen LogP contribution is -2.51. The summed E-state index contributed by atoms with van der Waals surface area (Å²) in [5.41, 5.74) is 1.83. The van der Waals surface area contributed by atoms with Gasteiger partial charge in [-0.1, -0.05) is 55.8 Å². The normalized spacial score (nSPS) is 11.3. The first-order valence-corrected chi connectivity index (χ1v) is 12.5. The van der Waals surface area contributed by atoms with Gasteiger partial charge in [-0.15, -0.1) is 0 Å². The molecule has 0 aliphatic carbocycles. The van der Waals surface area contributed by atoms with Crippen LogP contribution in [0.2, 0.25) is 0 Å². The highest BCUT2D eigenvalue weighted by Gasteiger charge is 2.30. The molecule has 0 aliphatic heterocycles. The van der Waals surface area contributed by atoms with Crippen molar-refractivity contribution in [2.24, 2.45) is 0 Å². The standard InChI is InChI=1S/C30H36N2O5/c1-4-5-18-31-30(34)28(20-23-10-7-6-8-11-23)32(21-24-12-9-13-27(19-24)36-3)29(33)22-37-26-16-14-25(35-2)15-17-26/h6-17,19,28H,4-5,18,20-22H2,1-3H3,(H,31,34)/t28-/m0/s1. The molecule has 7 heteroatoms. The Balaban J connectivity index is 1.88. The third-order valence-corrected chi connectivity index (χ3v) is 6.01. The van der Waals surface area contributed by atoms with Gasteiger partial charge in [0.2, 0.25) is 5.91 Å². The predicted octanol–water partition coefficient (Wildman–Crippen LogP) is 4.64. The number of methoxy groups -OCH3 is 2. The first-order valence-electron chi connectivity index (χ1n) is 12.5. The quantitative estimate of drug-likeness (QED) is 0.324. The number of carbonyl (C=O) groups is 2. The van der Waals surface area contributed by atoms with Gasteiger partial charge in [-0.3, -0.25) is 9.59 Å². The molecule has 3 aromatic rings. The van der Waals surface area contributed by atoms with Crippen LogP contribution < -0.4 is 19.5 Å². The van der Waals surface area contributed by atoms with Gasteiger partial charge < -0.3 is 24.4 Å². The van der Waals surface area contributed by atoms with Crippen LogP contribution in [0.15, 0.2) is 78.9 Å². The molecule has 0 spiro atoms. The Bertz CT molecular complexity index is 1120. The van der Waals surface area contributed by atoms with E-state index in [0.717, 1.165) is 24.0 Å². The minimum atomic E-state index is -0.711. The summed E-state index contributed by atoms with van der Waals surface area (Å²) in [7, 11) is 3.19. The van der Waals surface area contributed by atoms with Crippen LogP contribution in [0.4, 0.5) is 0 Å². The summed E-state index contributed by atoms with van der Waals surface area (Å²) < 4.78 is 16.4. The Morgan fingerprint density at radius 2 is 1.51 bits per heavy atom. The number of unbranched alkanes of at least 4 members (excludes halogenated alkanes) is 1. The number of hydrogen-bond acceptors (Lipinski definition) is 5. The number of nitrogens with one attached hydrogen (secondary N) is 1. The molecule has 0 heterocycles. The van der Waals surface area contributed by atoms with Crippen molar-refractivity contribution in [3.8, 4) is 17.2 Å². The molecule has 0 unspecified atom stereocenters. The van der Waals surface area contributed by atoms with Crippen molar-refractivity contribution in [1.82, 2.24) is 10.2 Å². The van der Waals surface area contributed by atoms with E-state index in [2.05, 4.69) is 12.2 Å². The molecule has 3 rings (SSSR count). The van der Waals surface area contributed by atoms with Crippen LogP contribution in [0.5, 0.6) is 17.2 Å². The minimum Gasteiger partial charge on any atom is -0.497 e. The molecule has 1 atom stereocenters. The van der Waals surface area contributed by atoms with Crippen molar-refractivity contribution < 1.29 is 23.8 Å². The largest absolute Gasteiger partial charge is 0.497 e. The number of nitrogens with zero attached hydrogens (tertiary/aromatic N) is 1. The van der Waals surface area contributed by atoms with E-state index >= 15 is 0 Å². The van der Waals surface area contributed by atoms with Gasteiger partial charge >= 0.3 is 0 Å². The van der Waals surface area contributed by atoms with Crippen molar-refractivity contribution in [2.75, 3.05) is 27.4 Å². The van der Waals surface area contributed by atoms with Gasteiger partial charge in [-0.25, -0.2) is 0 Å². The summed E-state index contributed by atoms with van der Waals surface area (Å²) >= 11 is 0. The molecule has 37 heavy (non-hydrogen) atoms. The van der Waals surface area contributed by atoms with Gasteiger partial charge in [0.05, 0.1) is 14.2 Å². The van der Waals surface area contributed by atoms with Crippen LogP contribution in [0.3, 0.4) is 0 Å². The van der Waals surface area contributed by atoms with Crippen molar-refractivity contribution in [3.63, 3.8) is 0 Å². The highest BCUT2D eigenvalue weighted by Crippen LogP contribution is 2.20. The highest BCUT2D eigenvalue weighted by molar-refractivity contribution is 5.88.